The lowest BCUT2D eigenvalue weighted by atomic mass is 9.94. The number of hydrogen-bond acceptors (Lipinski definition) is 4. The Bertz CT molecular complexity index is 574. The molecule has 0 bridgehead atoms. The number of rotatable bonds is 6. The third-order valence-electron chi connectivity index (χ3n) is 3.95. The normalized spacial score (nSPS) is 18.8. The number of nitrogens with one attached hydrogen (secondary N) is 2. The molecule has 0 atom stereocenters. The fraction of sp³-hybridized carbons (Fsp3) is 0.714. The van der Waals surface area contributed by atoms with Gasteiger partial charge in [-0.15, -0.1) is 0 Å². The summed E-state index contributed by atoms with van der Waals surface area (Å²) >= 11 is 0. The maximum atomic E-state index is 12.6. The quantitative estimate of drug-likeness (QED) is 0.824. The predicted octanol–water partition coefficient (Wildman–Crippen LogP) is 1.07. The van der Waals surface area contributed by atoms with Crippen LogP contribution in [0.2, 0.25) is 0 Å². The number of hydrogen-bond donors (Lipinski definition) is 2. The summed E-state index contributed by atoms with van der Waals surface area (Å²) in [7, 11) is -1.65. The largest absolute Gasteiger partial charge is 0.381 e. The van der Waals surface area contributed by atoms with E-state index in [2.05, 4.69) is 10.0 Å². The molecule has 1 saturated heterocycles. The van der Waals surface area contributed by atoms with Crippen LogP contribution < -0.4 is 10.0 Å². The zero-order chi connectivity index (χ0) is 15.5. The first-order valence-corrected chi connectivity index (χ1v) is 8.84. The Labute approximate surface area is 126 Å². The van der Waals surface area contributed by atoms with E-state index in [1.54, 1.807) is 12.3 Å². The monoisotopic (exact) mass is 315 g/mol. The van der Waals surface area contributed by atoms with Gasteiger partial charge in [0.1, 0.15) is 0 Å². The predicted molar refractivity (Wildman–Crippen MR) is 81.6 cm³/mol. The summed E-state index contributed by atoms with van der Waals surface area (Å²) in [6, 6.07) is 1.74. The van der Waals surface area contributed by atoms with Crippen LogP contribution in [0.5, 0.6) is 0 Å². The maximum absolute atomic E-state index is 12.6. The molecule has 2 rings (SSSR count). The molecule has 1 fully saturated rings. The molecule has 1 aliphatic heterocycles. The van der Waals surface area contributed by atoms with Crippen molar-refractivity contribution >= 4 is 10.0 Å². The summed E-state index contributed by atoms with van der Waals surface area (Å²) in [4.78, 5) is 0.335. The van der Waals surface area contributed by atoms with Gasteiger partial charge in [0.05, 0.1) is 4.90 Å². The van der Waals surface area contributed by atoms with Crippen molar-refractivity contribution in [3.05, 3.63) is 18.0 Å². The second-order valence-electron chi connectivity index (χ2n) is 5.76. The molecule has 120 valence electrons. The average Bonchev–Trinajstić information content (AvgIpc) is 2.83. The second-order valence-corrected chi connectivity index (χ2v) is 7.44. The molecule has 0 saturated carbocycles. The summed E-state index contributed by atoms with van der Waals surface area (Å²) in [5.41, 5.74) is 0.548. The van der Waals surface area contributed by atoms with E-state index in [0.717, 1.165) is 12.2 Å². The van der Waals surface area contributed by atoms with Crippen molar-refractivity contribution < 1.29 is 13.2 Å². The molecular formula is C14H25N3O3S. The molecule has 0 aliphatic carbocycles. The Morgan fingerprint density at radius 2 is 2.05 bits per heavy atom. The maximum Gasteiger partial charge on any atom is 0.242 e. The lowest BCUT2D eigenvalue weighted by Gasteiger charge is -2.33. The van der Waals surface area contributed by atoms with Gasteiger partial charge in [0.15, 0.2) is 0 Å². The van der Waals surface area contributed by atoms with E-state index < -0.39 is 15.6 Å². The van der Waals surface area contributed by atoms with Gasteiger partial charge in [-0.1, -0.05) is 0 Å². The molecule has 1 aromatic rings. The molecule has 7 heteroatoms. The van der Waals surface area contributed by atoms with E-state index in [9.17, 15) is 8.42 Å². The first kappa shape index (κ1) is 16.5. The van der Waals surface area contributed by atoms with Crippen LogP contribution in [0.25, 0.3) is 0 Å². The first-order chi connectivity index (χ1) is 9.90. The van der Waals surface area contributed by atoms with Gasteiger partial charge in [0.25, 0.3) is 0 Å². The molecule has 0 aromatic carbocycles. The van der Waals surface area contributed by atoms with E-state index in [4.69, 9.17) is 4.74 Å². The van der Waals surface area contributed by atoms with Crippen LogP contribution >= 0.6 is 0 Å². The highest BCUT2D eigenvalue weighted by Gasteiger charge is 2.33. The summed E-state index contributed by atoms with van der Waals surface area (Å²) in [6.07, 6.45) is 3.10. The van der Waals surface area contributed by atoms with Crippen LogP contribution in [0.4, 0.5) is 0 Å². The van der Waals surface area contributed by atoms with Gasteiger partial charge < -0.3 is 14.6 Å². The van der Waals surface area contributed by atoms with Crippen LogP contribution in [0.3, 0.4) is 0 Å². The van der Waals surface area contributed by atoms with Crippen LogP contribution in [0.15, 0.2) is 17.2 Å². The third-order valence-corrected chi connectivity index (χ3v) is 5.55. The molecule has 1 aliphatic rings. The summed E-state index contributed by atoms with van der Waals surface area (Å²) in [6.45, 7) is 6.53. The van der Waals surface area contributed by atoms with E-state index in [1.165, 1.54) is 0 Å². The highest BCUT2D eigenvalue weighted by molar-refractivity contribution is 7.89. The van der Waals surface area contributed by atoms with Gasteiger partial charge in [0, 0.05) is 43.7 Å². The third kappa shape index (κ3) is 3.85. The molecule has 2 heterocycles. The van der Waals surface area contributed by atoms with Gasteiger partial charge >= 0.3 is 0 Å². The zero-order valence-electron chi connectivity index (χ0n) is 13.0. The van der Waals surface area contributed by atoms with Crippen molar-refractivity contribution in [1.29, 1.82) is 0 Å². The molecule has 0 unspecified atom stereocenters. The van der Waals surface area contributed by atoms with Crippen molar-refractivity contribution in [3.8, 4) is 0 Å². The molecular weight excluding hydrogens is 290 g/mol. The van der Waals surface area contributed by atoms with Gasteiger partial charge in [-0.3, -0.25) is 0 Å². The summed E-state index contributed by atoms with van der Waals surface area (Å²) < 4.78 is 35.3. The first-order valence-electron chi connectivity index (χ1n) is 7.35. The van der Waals surface area contributed by atoms with Crippen molar-refractivity contribution in [2.75, 3.05) is 20.3 Å². The molecule has 6 nitrogen and oxygen atoms in total. The van der Waals surface area contributed by atoms with E-state index in [0.29, 0.717) is 37.5 Å². The Morgan fingerprint density at radius 3 is 2.62 bits per heavy atom. The molecule has 0 spiro atoms. The number of aromatic nitrogens is 1. The molecule has 0 radical (unpaired) electrons. The van der Waals surface area contributed by atoms with Crippen LogP contribution in [-0.4, -0.2) is 38.8 Å². The van der Waals surface area contributed by atoms with Crippen LogP contribution in [0.1, 0.15) is 32.4 Å². The van der Waals surface area contributed by atoms with Crippen molar-refractivity contribution in [2.24, 2.45) is 0 Å². The van der Waals surface area contributed by atoms with Crippen LogP contribution in [0, 0.1) is 0 Å². The Hall–Kier alpha value is -0.890. The van der Waals surface area contributed by atoms with Gasteiger partial charge in [0.2, 0.25) is 10.0 Å². The topological polar surface area (TPSA) is 72.4 Å². The lowest BCUT2D eigenvalue weighted by molar-refractivity contribution is 0.0537. The van der Waals surface area contributed by atoms with Crippen molar-refractivity contribution in [2.45, 2.75) is 50.2 Å². The molecule has 2 N–H and O–H groups in total. The van der Waals surface area contributed by atoms with Gasteiger partial charge in [-0.05, 0) is 39.8 Å². The SMILES string of the molecule is CCn1cc(S(=O)(=O)NC2(C)CCOCC2)cc1CNC. The standard InChI is InChI=1S/C14H25N3O3S/c1-4-17-11-13(9-12(17)10-15-3)21(18,19)16-14(2)5-7-20-8-6-14/h9,11,15-16H,4-8,10H2,1-3H3. The van der Waals surface area contributed by atoms with Crippen molar-refractivity contribution in [1.82, 2.24) is 14.6 Å². The Balaban J connectivity index is 2.22. The number of aryl methyl sites for hydroxylation is 1. The highest BCUT2D eigenvalue weighted by atomic mass is 32.2. The smallest absolute Gasteiger partial charge is 0.242 e. The van der Waals surface area contributed by atoms with E-state index >= 15 is 0 Å². The summed E-state index contributed by atoms with van der Waals surface area (Å²) in [5.74, 6) is 0. The van der Waals surface area contributed by atoms with E-state index in [1.807, 2.05) is 25.5 Å². The fourth-order valence-electron chi connectivity index (χ4n) is 2.60. The molecule has 21 heavy (non-hydrogen) atoms. The number of sulfonamides is 1. The minimum Gasteiger partial charge on any atom is -0.381 e. The minimum atomic E-state index is -3.50. The second kappa shape index (κ2) is 6.48. The number of nitrogens with zero attached hydrogens (tertiary/aromatic N) is 1. The molecule has 1 aromatic heterocycles. The summed E-state index contributed by atoms with van der Waals surface area (Å²) in [5, 5.41) is 3.06. The highest BCUT2D eigenvalue weighted by Crippen LogP contribution is 2.24. The fourth-order valence-corrected chi connectivity index (χ4v) is 4.13. The van der Waals surface area contributed by atoms with Gasteiger partial charge in [-0.2, -0.15) is 0 Å². The van der Waals surface area contributed by atoms with Gasteiger partial charge in [-0.25, -0.2) is 13.1 Å². The zero-order valence-corrected chi connectivity index (χ0v) is 13.8. The minimum absolute atomic E-state index is 0.335. The molecule has 0 amide bonds. The van der Waals surface area contributed by atoms with E-state index in [-0.39, 0.29) is 0 Å². The average molecular weight is 315 g/mol. The lowest BCUT2D eigenvalue weighted by Crippen LogP contribution is -2.49. The number of ether oxygens (including phenoxy) is 1. The van der Waals surface area contributed by atoms with Crippen molar-refractivity contribution in [3.63, 3.8) is 0 Å². The Morgan fingerprint density at radius 1 is 1.38 bits per heavy atom. The van der Waals surface area contributed by atoms with Crippen LogP contribution in [-0.2, 0) is 27.8 Å². The Kier molecular flexibility index (Phi) is 5.08.